The van der Waals surface area contributed by atoms with Gasteiger partial charge in [0.15, 0.2) is 0 Å². The summed E-state index contributed by atoms with van der Waals surface area (Å²) in [7, 11) is 0.500. The summed E-state index contributed by atoms with van der Waals surface area (Å²) in [5, 5.41) is 0. The molecule has 0 bridgehead atoms. The third-order valence-electron chi connectivity index (χ3n) is 4.75. The maximum Gasteiger partial charge on any atom is 0.0785 e. The second-order valence-electron chi connectivity index (χ2n) is 7.21. The standard InChI is InChI=1S/C21H34.C3H8.4C2H6.CH3F/c1-11-15(4)16(5)12-18(7)21(10)19(8)13-17(6)20(9)14(2)3;1-3-2;5*1-2/h20H,2,6-7,11-13H2,1,3-5,8-10H3;3H2,1-2H3;4*1-2H3;1H3/b16-15-,21-19-;;;;;;. The summed E-state index contributed by atoms with van der Waals surface area (Å²) < 4.78 is 9.50. The van der Waals surface area contributed by atoms with Crippen molar-refractivity contribution in [3.8, 4) is 0 Å². The van der Waals surface area contributed by atoms with E-state index in [1.165, 1.54) is 45.4 Å². The quantitative estimate of drug-likeness (QED) is 0.237. The highest BCUT2D eigenvalue weighted by molar-refractivity contribution is 5.36. The molecule has 0 N–H and O–H groups in total. The van der Waals surface area contributed by atoms with E-state index in [0.717, 1.165) is 19.3 Å². The van der Waals surface area contributed by atoms with E-state index < -0.39 is 0 Å². The van der Waals surface area contributed by atoms with Crippen molar-refractivity contribution in [1.82, 2.24) is 0 Å². The van der Waals surface area contributed by atoms with Gasteiger partial charge in [-0.05, 0) is 70.9 Å². The highest BCUT2D eigenvalue weighted by Gasteiger charge is 2.10. The van der Waals surface area contributed by atoms with Crippen molar-refractivity contribution < 1.29 is 4.39 Å². The van der Waals surface area contributed by atoms with Crippen LogP contribution < -0.4 is 0 Å². The van der Waals surface area contributed by atoms with Crippen LogP contribution in [0.3, 0.4) is 0 Å². The van der Waals surface area contributed by atoms with Gasteiger partial charge in [0.2, 0.25) is 0 Å². The van der Waals surface area contributed by atoms with Crippen LogP contribution in [0.25, 0.3) is 0 Å². The first-order chi connectivity index (χ1) is 16.0. The van der Waals surface area contributed by atoms with Crippen molar-refractivity contribution in [1.29, 1.82) is 0 Å². The molecule has 0 rings (SSSR count). The van der Waals surface area contributed by atoms with Gasteiger partial charge in [0.1, 0.15) is 0 Å². The van der Waals surface area contributed by atoms with E-state index in [9.17, 15) is 4.39 Å². The van der Waals surface area contributed by atoms with Crippen LogP contribution in [-0.4, -0.2) is 7.18 Å². The summed E-state index contributed by atoms with van der Waals surface area (Å²) in [5.41, 5.74) is 9.28. The smallest absolute Gasteiger partial charge is 0.0785 e. The molecular formula is C33H69F. The Bertz CT molecular complexity index is 501. The number of hydrogen-bond acceptors (Lipinski definition) is 0. The third-order valence-corrected chi connectivity index (χ3v) is 4.75. The molecule has 0 radical (unpaired) electrons. The summed E-state index contributed by atoms with van der Waals surface area (Å²) in [6.07, 6.45) is 4.29. The normalized spacial score (nSPS) is 10.7. The van der Waals surface area contributed by atoms with Crippen molar-refractivity contribution in [2.45, 2.75) is 143 Å². The fraction of sp³-hybridized carbons (Fsp3) is 0.697. The minimum atomic E-state index is 0.380. The van der Waals surface area contributed by atoms with E-state index in [4.69, 9.17) is 0 Å². The first-order valence-corrected chi connectivity index (χ1v) is 13.7. The zero-order valence-electron chi connectivity index (χ0n) is 27.4. The van der Waals surface area contributed by atoms with Gasteiger partial charge in [0.25, 0.3) is 0 Å². The summed E-state index contributed by atoms with van der Waals surface area (Å²) >= 11 is 0. The van der Waals surface area contributed by atoms with Crippen LogP contribution in [-0.2, 0) is 0 Å². The molecule has 1 heteroatoms. The van der Waals surface area contributed by atoms with E-state index in [0.29, 0.717) is 13.1 Å². The summed E-state index contributed by atoms with van der Waals surface area (Å²) in [6.45, 7) is 48.1. The van der Waals surface area contributed by atoms with Gasteiger partial charge in [-0.25, -0.2) is 0 Å². The molecule has 0 aromatic rings. The van der Waals surface area contributed by atoms with Crippen LogP contribution in [0.15, 0.2) is 58.7 Å². The maximum atomic E-state index is 9.50. The zero-order chi connectivity index (χ0) is 29.4. The Balaban J connectivity index is -0.0000000950. The van der Waals surface area contributed by atoms with Gasteiger partial charge in [-0.3, -0.25) is 4.39 Å². The minimum Gasteiger partial charge on any atom is -0.255 e. The lowest BCUT2D eigenvalue weighted by Gasteiger charge is -2.18. The lowest BCUT2D eigenvalue weighted by atomic mass is 9.88. The number of allylic oxidation sites excluding steroid dienone is 7. The molecule has 0 nitrogen and oxygen atoms in total. The second-order valence-corrected chi connectivity index (χ2v) is 7.21. The van der Waals surface area contributed by atoms with Crippen molar-refractivity contribution in [3.05, 3.63) is 58.7 Å². The van der Waals surface area contributed by atoms with Gasteiger partial charge >= 0.3 is 0 Å². The predicted molar refractivity (Wildman–Crippen MR) is 167 cm³/mol. The molecule has 34 heavy (non-hydrogen) atoms. The highest BCUT2D eigenvalue weighted by Crippen LogP contribution is 2.28. The molecule has 0 aliphatic heterocycles. The van der Waals surface area contributed by atoms with Gasteiger partial charge in [0, 0.05) is 0 Å². The molecule has 0 aromatic carbocycles. The van der Waals surface area contributed by atoms with Crippen molar-refractivity contribution >= 4 is 0 Å². The fourth-order valence-corrected chi connectivity index (χ4v) is 2.18. The van der Waals surface area contributed by atoms with Crippen LogP contribution in [0.2, 0.25) is 0 Å². The molecule has 1 unspecified atom stereocenters. The van der Waals surface area contributed by atoms with E-state index in [2.05, 4.69) is 82.1 Å². The van der Waals surface area contributed by atoms with Crippen LogP contribution >= 0.6 is 0 Å². The number of rotatable bonds is 8. The summed E-state index contributed by atoms with van der Waals surface area (Å²) in [6, 6.07) is 0. The van der Waals surface area contributed by atoms with Crippen molar-refractivity contribution in [3.63, 3.8) is 0 Å². The molecule has 0 aliphatic carbocycles. The van der Waals surface area contributed by atoms with Gasteiger partial charge in [-0.2, -0.15) is 0 Å². The van der Waals surface area contributed by atoms with Crippen LogP contribution in [0.4, 0.5) is 4.39 Å². The number of halogens is 1. The van der Waals surface area contributed by atoms with Gasteiger partial charge < -0.3 is 0 Å². The Labute approximate surface area is 219 Å². The lowest BCUT2D eigenvalue weighted by molar-refractivity contribution is 0.636. The lowest BCUT2D eigenvalue weighted by Crippen LogP contribution is -2.01. The molecule has 0 heterocycles. The molecule has 0 saturated carbocycles. The average Bonchev–Trinajstić information content (AvgIpc) is 2.88. The predicted octanol–water partition coefficient (Wildman–Crippen LogP) is 13.3. The molecule has 0 aliphatic rings. The largest absolute Gasteiger partial charge is 0.255 e. The minimum absolute atomic E-state index is 0.380. The Hall–Kier alpha value is -1.37. The Morgan fingerprint density at radius 3 is 1.21 bits per heavy atom. The molecule has 0 fully saturated rings. The van der Waals surface area contributed by atoms with E-state index >= 15 is 0 Å². The molecule has 0 aromatic heterocycles. The van der Waals surface area contributed by atoms with E-state index in [1.54, 1.807) is 0 Å². The highest BCUT2D eigenvalue weighted by atomic mass is 19.1. The van der Waals surface area contributed by atoms with Crippen molar-refractivity contribution in [2.24, 2.45) is 5.92 Å². The first kappa shape index (κ1) is 49.7. The first-order valence-electron chi connectivity index (χ1n) is 13.7. The van der Waals surface area contributed by atoms with Gasteiger partial charge in [-0.1, -0.05) is 137 Å². The maximum absolute atomic E-state index is 9.50. The number of alkyl halides is 1. The Morgan fingerprint density at radius 1 is 0.618 bits per heavy atom. The molecule has 1 atom stereocenters. The van der Waals surface area contributed by atoms with Crippen molar-refractivity contribution in [2.75, 3.05) is 7.18 Å². The van der Waals surface area contributed by atoms with Crippen LogP contribution in [0.1, 0.15) is 143 Å². The summed E-state index contributed by atoms with van der Waals surface area (Å²) in [4.78, 5) is 0. The third kappa shape index (κ3) is 32.8. The van der Waals surface area contributed by atoms with Gasteiger partial charge in [-0.15, -0.1) is 0 Å². The molecule has 0 saturated heterocycles. The summed E-state index contributed by atoms with van der Waals surface area (Å²) in [5.74, 6) is 0.380. The zero-order valence-corrected chi connectivity index (χ0v) is 27.4. The fourth-order valence-electron chi connectivity index (χ4n) is 2.18. The Morgan fingerprint density at radius 2 is 0.941 bits per heavy atom. The molecule has 208 valence electrons. The molecule has 0 amide bonds. The van der Waals surface area contributed by atoms with Crippen LogP contribution in [0.5, 0.6) is 0 Å². The average molecular weight is 485 g/mol. The Kier molecular flexibility index (Phi) is 61.2. The van der Waals surface area contributed by atoms with E-state index in [1.807, 2.05) is 55.4 Å². The SMILES string of the molecule is C=C(C/C(C)=C(/C)CC)/C(C)=C(/C)CC(=C)C(C)C(=C)C.CC.CC.CC.CC.CCC.CF. The second kappa shape index (κ2) is 41.8. The van der Waals surface area contributed by atoms with Crippen LogP contribution in [0, 0.1) is 5.92 Å². The molecule has 0 spiro atoms. The number of hydrogen-bond donors (Lipinski definition) is 0. The monoisotopic (exact) mass is 485 g/mol. The molecular weight excluding hydrogens is 415 g/mol. The topological polar surface area (TPSA) is 0 Å². The van der Waals surface area contributed by atoms with E-state index in [-0.39, 0.29) is 0 Å². The van der Waals surface area contributed by atoms with Gasteiger partial charge in [0.05, 0.1) is 7.18 Å².